The van der Waals surface area contributed by atoms with Gasteiger partial charge in [-0.25, -0.2) is 4.98 Å². The zero-order chi connectivity index (χ0) is 22.2. The van der Waals surface area contributed by atoms with Crippen molar-refractivity contribution in [2.75, 3.05) is 11.4 Å². The first-order valence-corrected chi connectivity index (χ1v) is 13.1. The van der Waals surface area contributed by atoms with E-state index in [9.17, 15) is 13.2 Å². The van der Waals surface area contributed by atoms with Crippen LogP contribution in [0.4, 0.5) is 5.13 Å². The van der Waals surface area contributed by atoms with Gasteiger partial charge in [0.1, 0.15) is 9.93 Å². The van der Waals surface area contributed by atoms with Crippen LogP contribution in [0.1, 0.15) is 13.8 Å². The van der Waals surface area contributed by atoms with Crippen molar-refractivity contribution in [3.8, 4) is 0 Å². The number of thiazole rings is 1. The van der Waals surface area contributed by atoms with E-state index in [-0.39, 0.29) is 22.5 Å². The van der Waals surface area contributed by atoms with Gasteiger partial charge in [0.25, 0.3) is 15.9 Å². The molecule has 3 heterocycles. The third-order valence-electron chi connectivity index (χ3n) is 4.52. The number of benzene rings is 1. The van der Waals surface area contributed by atoms with Crippen molar-refractivity contribution in [2.45, 2.75) is 18.7 Å². The third-order valence-corrected chi connectivity index (χ3v) is 9.05. The first kappa shape index (κ1) is 21.9. The first-order chi connectivity index (χ1) is 14.8. The molecule has 160 valence electrons. The molecule has 1 fully saturated rings. The van der Waals surface area contributed by atoms with E-state index in [2.05, 4.69) is 16.0 Å². The number of carbonyl (C=O) groups excluding carboxylic acids is 1. The number of rotatable bonds is 5. The summed E-state index contributed by atoms with van der Waals surface area (Å²) in [5, 5.41) is 3.43. The van der Waals surface area contributed by atoms with Gasteiger partial charge in [-0.2, -0.15) is 8.42 Å². The average Bonchev–Trinajstić information content (AvgIpc) is 3.44. The van der Waals surface area contributed by atoms with Crippen molar-refractivity contribution in [3.63, 3.8) is 0 Å². The second-order valence-electron chi connectivity index (χ2n) is 6.50. The Balaban J connectivity index is 1.80. The maximum absolute atomic E-state index is 13.3. The number of amides is 1. The van der Waals surface area contributed by atoms with Gasteiger partial charge in [0.2, 0.25) is 0 Å². The first-order valence-electron chi connectivity index (χ1n) is 9.13. The Morgan fingerprint density at radius 1 is 1.19 bits per heavy atom. The minimum absolute atomic E-state index is 0.0724. The Labute approximate surface area is 193 Å². The summed E-state index contributed by atoms with van der Waals surface area (Å²) in [5.41, 5.74) is 0.980. The van der Waals surface area contributed by atoms with Gasteiger partial charge in [0, 0.05) is 28.7 Å². The van der Waals surface area contributed by atoms with Crippen LogP contribution in [0.25, 0.3) is 0 Å². The van der Waals surface area contributed by atoms with Crippen molar-refractivity contribution in [2.24, 2.45) is 4.40 Å². The second-order valence-corrected chi connectivity index (χ2v) is 11.2. The van der Waals surface area contributed by atoms with Crippen LogP contribution in [0.5, 0.6) is 0 Å². The summed E-state index contributed by atoms with van der Waals surface area (Å²) < 4.78 is 29.6. The number of hydrogen-bond acceptors (Lipinski definition) is 8. The normalized spacial score (nSPS) is 21.0. The molecule has 0 saturated carbocycles. The summed E-state index contributed by atoms with van der Waals surface area (Å²) in [5.74, 6) is -0.307. The van der Waals surface area contributed by atoms with Crippen LogP contribution >= 0.6 is 34.9 Å². The standard InChI is InChI=1S/C20H18N4O3S4/c1-4-11-23-17(25)16(18-24(13(2)14(3)29-18)19-21-10-12-28-19)30-20(23)22-31(26,27)15-8-6-5-7-9-15/h4-10,12H,1,11H2,2-3H3/b18-16+,22-20?. The average molecular weight is 491 g/mol. The van der Waals surface area contributed by atoms with Crippen LogP contribution in [0.2, 0.25) is 0 Å². The molecule has 0 bridgehead atoms. The molecule has 0 radical (unpaired) electrons. The molecule has 31 heavy (non-hydrogen) atoms. The number of amidine groups is 1. The van der Waals surface area contributed by atoms with Crippen LogP contribution in [0.3, 0.4) is 0 Å². The Morgan fingerprint density at radius 2 is 1.94 bits per heavy atom. The molecular weight excluding hydrogens is 473 g/mol. The zero-order valence-electron chi connectivity index (χ0n) is 16.7. The number of hydrogen-bond donors (Lipinski definition) is 0. The van der Waals surface area contributed by atoms with E-state index >= 15 is 0 Å². The van der Waals surface area contributed by atoms with Crippen molar-refractivity contribution in [1.29, 1.82) is 0 Å². The van der Waals surface area contributed by atoms with Gasteiger partial charge in [-0.05, 0) is 37.7 Å². The quantitative estimate of drug-likeness (QED) is 0.447. The molecular formula is C20H18N4O3S4. The topological polar surface area (TPSA) is 82.9 Å². The molecule has 1 aromatic carbocycles. The summed E-state index contributed by atoms with van der Waals surface area (Å²) in [6, 6.07) is 7.95. The van der Waals surface area contributed by atoms with Crippen molar-refractivity contribution in [3.05, 3.63) is 75.1 Å². The zero-order valence-corrected chi connectivity index (χ0v) is 19.9. The molecule has 2 aliphatic rings. The number of aromatic nitrogens is 1. The molecule has 1 amide bonds. The van der Waals surface area contributed by atoms with E-state index in [1.165, 1.54) is 40.1 Å². The Bertz CT molecular complexity index is 1230. The molecule has 0 N–H and O–H groups in total. The lowest BCUT2D eigenvalue weighted by Gasteiger charge is -2.19. The lowest BCUT2D eigenvalue weighted by molar-refractivity contribution is -0.121. The van der Waals surface area contributed by atoms with Crippen molar-refractivity contribution < 1.29 is 13.2 Å². The van der Waals surface area contributed by atoms with E-state index in [0.717, 1.165) is 27.5 Å². The number of carbonyl (C=O) groups is 1. The summed E-state index contributed by atoms with van der Waals surface area (Å²) in [6.07, 6.45) is 3.26. The van der Waals surface area contributed by atoms with E-state index < -0.39 is 10.0 Å². The van der Waals surface area contributed by atoms with Crippen LogP contribution in [0.15, 0.2) is 84.4 Å². The maximum Gasteiger partial charge on any atom is 0.284 e. The minimum Gasteiger partial charge on any atom is -0.282 e. The highest BCUT2D eigenvalue weighted by molar-refractivity contribution is 8.20. The van der Waals surface area contributed by atoms with Crippen molar-refractivity contribution in [1.82, 2.24) is 9.88 Å². The van der Waals surface area contributed by atoms with Gasteiger partial charge in [-0.1, -0.05) is 36.0 Å². The summed E-state index contributed by atoms with van der Waals surface area (Å²) in [6.45, 7) is 7.80. The Morgan fingerprint density at radius 3 is 2.58 bits per heavy atom. The lowest BCUT2D eigenvalue weighted by Crippen LogP contribution is -2.30. The Hall–Kier alpha value is -2.34. The second kappa shape index (κ2) is 8.65. The number of thioether (sulfide) groups is 2. The molecule has 0 atom stereocenters. The molecule has 4 rings (SSSR count). The SMILES string of the molecule is C=CCN1C(=O)/C(=C2\SC(C)=C(C)N2c2nccs2)SC1=NS(=O)(=O)c1ccccc1. The fraction of sp³-hybridized carbons (Fsp3) is 0.150. The highest BCUT2D eigenvalue weighted by atomic mass is 32.2. The number of sulfonamides is 1. The number of anilines is 1. The highest BCUT2D eigenvalue weighted by Crippen LogP contribution is 2.49. The molecule has 1 aromatic heterocycles. The predicted molar refractivity (Wildman–Crippen MR) is 128 cm³/mol. The van der Waals surface area contributed by atoms with E-state index in [4.69, 9.17) is 0 Å². The summed E-state index contributed by atoms with van der Waals surface area (Å²) >= 11 is 3.99. The van der Waals surface area contributed by atoms with Gasteiger partial charge in [-0.15, -0.1) is 22.3 Å². The van der Waals surface area contributed by atoms with Gasteiger partial charge < -0.3 is 0 Å². The van der Waals surface area contributed by atoms with Crippen LogP contribution < -0.4 is 4.90 Å². The maximum atomic E-state index is 13.3. The number of allylic oxidation sites excluding steroid dienone is 2. The predicted octanol–water partition coefficient (Wildman–Crippen LogP) is 4.62. The molecule has 0 spiro atoms. The van der Waals surface area contributed by atoms with Crippen LogP contribution in [-0.4, -0.2) is 35.9 Å². The van der Waals surface area contributed by atoms with Crippen LogP contribution in [0, 0.1) is 0 Å². The van der Waals surface area contributed by atoms with Gasteiger partial charge in [-0.3, -0.25) is 14.6 Å². The molecule has 7 nitrogen and oxygen atoms in total. The fourth-order valence-electron chi connectivity index (χ4n) is 2.92. The molecule has 2 aliphatic heterocycles. The Kier molecular flexibility index (Phi) is 6.11. The smallest absolute Gasteiger partial charge is 0.282 e. The molecule has 2 aromatic rings. The van der Waals surface area contributed by atoms with Gasteiger partial charge in [0.05, 0.1) is 4.90 Å². The van der Waals surface area contributed by atoms with Gasteiger partial charge in [0.15, 0.2) is 10.3 Å². The van der Waals surface area contributed by atoms with Gasteiger partial charge >= 0.3 is 0 Å². The molecule has 11 heteroatoms. The summed E-state index contributed by atoms with van der Waals surface area (Å²) in [4.78, 5) is 22.5. The van der Waals surface area contributed by atoms with Crippen LogP contribution in [-0.2, 0) is 14.8 Å². The largest absolute Gasteiger partial charge is 0.284 e. The van der Waals surface area contributed by atoms with E-state index in [0.29, 0.717) is 9.93 Å². The minimum atomic E-state index is -3.97. The number of nitrogens with zero attached hydrogens (tertiary/aromatic N) is 4. The van der Waals surface area contributed by atoms with E-state index in [1.54, 1.807) is 30.5 Å². The lowest BCUT2D eigenvalue weighted by atomic mass is 10.4. The molecule has 0 aliphatic carbocycles. The molecule has 0 unspecified atom stereocenters. The van der Waals surface area contributed by atoms with Crippen molar-refractivity contribution >= 4 is 61.1 Å². The third kappa shape index (κ3) is 4.10. The fourth-order valence-corrected chi connectivity index (χ4v) is 7.13. The van der Waals surface area contributed by atoms with E-state index in [1.807, 2.05) is 24.1 Å². The molecule has 1 saturated heterocycles. The summed E-state index contributed by atoms with van der Waals surface area (Å²) in [7, 11) is -3.97. The highest BCUT2D eigenvalue weighted by Gasteiger charge is 2.40. The monoisotopic (exact) mass is 490 g/mol.